The number of hydrogen-bond acceptors (Lipinski definition) is 5. The Morgan fingerprint density at radius 1 is 1.00 bits per heavy atom. The predicted octanol–water partition coefficient (Wildman–Crippen LogP) is 4.34. The molecule has 0 radical (unpaired) electrons. The van der Waals surface area contributed by atoms with Crippen molar-refractivity contribution in [3.05, 3.63) is 69.3 Å². The Morgan fingerprint density at radius 2 is 1.53 bits per heavy atom. The van der Waals surface area contributed by atoms with Crippen molar-refractivity contribution in [3.63, 3.8) is 0 Å². The van der Waals surface area contributed by atoms with Crippen molar-refractivity contribution in [1.29, 1.82) is 0 Å². The lowest BCUT2D eigenvalue weighted by atomic mass is 9.99. The standard InChI is InChI=1S/C18H17F6N3O4S/c1-2-26(32(30,31)13-6-4-12(5-7-13)27(28)29)10-16(25)11-3-8-14(17(19,20)21)15(9-11)18(22,23)24/h3-9,16H,2,10,25H2,1H3/t16-/m0/s1. The van der Waals surface area contributed by atoms with E-state index >= 15 is 0 Å². The van der Waals surface area contributed by atoms with E-state index in [9.17, 15) is 44.9 Å². The number of nitrogens with zero attached hydrogens (tertiary/aromatic N) is 2. The summed E-state index contributed by atoms with van der Waals surface area (Å²) in [5.74, 6) is 0. The van der Waals surface area contributed by atoms with Crippen LogP contribution in [0, 0.1) is 10.1 Å². The number of hydrogen-bond donors (Lipinski definition) is 1. The van der Waals surface area contributed by atoms with Crippen LogP contribution in [0.1, 0.15) is 29.7 Å². The minimum Gasteiger partial charge on any atom is -0.323 e. The Bertz CT molecular complexity index is 1090. The smallest absolute Gasteiger partial charge is 0.323 e. The average Bonchev–Trinajstić information content (AvgIpc) is 2.69. The van der Waals surface area contributed by atoms with E-state index < -0.39 is 51.0 Å². The summed E-state index contributed by atoms with van der Waals surface area (Å²) in [6, 6.07) is 3.78. The van der Waals surface area contributed by atoms with E-state index in [1.165, 1.54) is 6.92 Å². The van der Waals surface area contributed by atoms with E-state index in [4.69, 9.17) is 5.73 Å². The quantitative estimate of drug-likeness (QED) is 0.357. The second kappa shape index (κ2) is 9.03. The molecule has 2 aromatic carbocycles. The van der Waals surface area contributed by atoms with Gasteiger partial charge in [-0.1, -0.05) is 13.0 Å². The first-order chi connectivity index (χ1) is 14.6. The number of nitrogens with two attached hydrogens (primary N) is 1. The summed E-state index contributed by atoms with van der Waals surface area (Å²) in [7, 11) is -4.24. The molecule has 0 saturated carbocycles. The Balaban J connectivity index is 2.37. The fourth-order valence-electron chi connectivity index (χ4n) is 2.89. The molecular formula is C18H17F6N3O4S. The third kappa shape index (κ3) is 5.55. The number of sulfonamides is 1. The molecule has 0 aliphatic heterocycles. The van der Waals surface area contributed by atoms with E-state index in [-0.39, 0.29) is 34.8 Å². The summed E-state index contributed by atoms with van der Waals surface area (Å²) in [5, 5.41) is 10.7. The van der Waals surface area contributed by atoms with Gasteiger partial charge in [-0.15, -0.1) is 0 Å². The molecule has 2 rings (SSSR count). The first kappa shape index (κ1) is 25.5. The molecule has 0 amide bonds. The van der Waals surface area contributed by atoms with Gasteiger partial charge in [-0.25, -0.2) is 8.42 Å². The Morgan fingerprint density at radius 3 is 1.97 bits per heavy atom. The molecule has 0 aliphatic rings. The Labute approximate surface area is 178 Å². The van der Waals surface area contributed by atoms with E-state index in [1.807, 2.05) is 0 Å². The van der Waals surface area contributed by atoms with Crippen LogP contribution in [-0.4, -0.2) is 30.7 Å². The topological polar surface area (TPSA) is 107 Å². The van der Waals surface area contributed by atoms with Crippen molar-refractivity contribution in [2.75, 3.05) is 13.1 Å². The average molecular weight is 485 g/mol. The number of nitro groups is 1. The van der Waals surface area contributed by atoms with Crippen LogP contribution in [0.4, 0.5) is 32.0 Å². The summed E-state index contributed by atoms with van der Waals surface area (Å²) >= 11 is 0. The second-order valence-electron chi connectivity index (χ2n) is 6.61. The molecule has 176 valence electrons. The third-order valence-corrected chi connectivity index (χ3v) is 6.48. The van der Waals surface area contributed by atoms with Gasteiger partial charge in [0.05, 0.1) is 20.9 Å². The summed E-state index contributed by atoms with van der Waals surface area (Å²) < 4.78 is 105. The van der Waals surface area contributed by atoms with Crippen LogP contribution in [0.3, 0.4) is 0 Å². The van der Waals surface area contributed by atoms with Gasteiger partial charge in [-0.05, 0) is 29.8 Å². The predicted molar refractivity (Wildman–Crippen MR) is 101 cm³/mol. The molecule has 0 unspecified atom stereocenters. The van der Waals surface area contributed by atoms with Crippen molar-refractivity contribution in [3.8, 4) is 0 Å². The van der Waals surface area contributed by atoms with Gasteiger partial charge < -0.3 is 5.73 Å². The molecule has 0 bridgehead atoms. The monoisotopic (exact) mass is 485 g/mol. The van der Waals surface area contributed by atoms with Crippen molar-refractivity contribution in [2.45, 2.75) is 30.2 Å². The first-order valence-corrected chi connectivity index (χ1v) is 10.3. The van der Waals surface area contributed by atoms with Gasteiger partial charge in [0.15, 0.2) is 0 Å². The van der Waals surface area contributed by atoms with Crippen LogP contribution < -0.4 is 5.73 Å². The Hall–Kier alpha value is -2.71. The van der Waals surface area contributed by atoms with Crippen LogP contribution in [0.2, 0.25) is 0 Å². The molecule has 2 aromatic rings. The highest BCUT2D eigenvalue weighted by molar-refractivity contribution is 7.89. The van der Waals surface area contributed by atoms with E-state index in [1.54, 1.807) is 0 Å². The maximum Gasteiger partial charge on any atom is 0.417 e. The van der Waals surface area contributed by atoms with Gasteiger partial charge in [-0.2, -0.15) is 30.6 Å². The number of nitro benzene ring substituents is 1. The van der Waals surface area contributed by atoms with Crippen LogP contribution in [0.5, 0.6) is 0 Å². The highest BCUT2D eigenvalue weighted by atomic mass is 32.2. The fraction of sp³-hybridized carbons (Fsp3) is 0.333. The zero-order chi connectivity index (χ0) is 24.5. The van der Waals surface area contributed by atoms with Crippen LogP contribution in [-0.2, 0) is 22.4 Å². The molecule has 14 heteroatoms. The summed E-state index contributed by atoms with van der Waals surface area (Å²) in [5.41, 5.74) is 1.33. The molecule has 0 fully saturated rings. The van der Waals surface area contributed by atoms with Gasteiger partial charge in [0.2, 0.25) is 10.0 Å². The summed E-state index contributed by atoms with van der Waals surface area (Å²) in [6.07, 6.45) is -10.6. The maximum atomic E-state index is 13.2. The van der Waals surface area contributed by atoms with Crippen LogP contribution in [0.15, 0.2) is 47.4 Å². The maximum absolute atomic E-state index is 13.2. The molecule has 32 heavy (non-hydrogen) atoms. The van der Waals surface area contributed by atoms with E-state index in [2.05, 4.69) is 0 Å². The van der Waals surface area contributed by atoms with Gasteiger partial charge in [-0.3, -0.25) is 10.1 Å². The minimum absolute atomic E-state index is 0.167. The second-order valence-corrected chi connectivity index (χ2v) is 8.55. The minimum atomic E-state index is -5.31. The molecule has 7 nitrogen and oxygen atoms in total. The molecular weight excluding hydrogens is 468 g/mol. The molecule has 0 spiro atoms. The number of alkyl halides is 6. The zero-order valence-corrected chi connectivity index (χ0v) is 17.1. The SMILES string of the molecule is CCN(C[C@H](N)c1ccc(C(F)(F)F)c(C(F)(F)F)c1)S(=O)(=O)c1ccc([N+](=O)[O-])cc1. The number of benzene rings is 2. The number of rotatable bonds is 7. The van der Waals surface area contributed by atoms with E-state index in [0.717, 1.165) is 34.6 Å². The third-order valence-electron chi connectivity index (χ3n) is 4.52. The molecule has 0 heterocycles. The van der Waals surface area contributed by atoms with Crippen LogP contribution in [0.25, 0.3) is 0 Å². The van der Waals surface area contributed by atoms with Gasteiger partial charge in [0.1, 0.15) is 0 Å². The molecule has 0 saturated heterocycles. The zero-order valence-electron chi connectivity index (χ0n) is 16.3. The molecule has 0 aliphatic carbocycles. The van der Waals surface area contributed by atoms with Crippen molar-refractivity contribution in [1.82, 2.24) is 4.31 Å². The lowest BCUT2D eigenvalue weighted by molar-refractivity contribution is -0.384. The van der Waals surface area contributed by atoms with Gasteiger partial charge in [0, 0.05) is 31.3 Å². The lowest BCUT2D eigenvalue weighted by Gasteiger charge is -2.25. The molecule has 0 aromatic heterocycles. The normalized spacial score (nSPS) is 13.9. The van der Waals surface area contributed by atoms with Crippen molar-refractivity contribution >= 4 is 15.7 Å². The number of non-ortho nitro benzene ring substituents is 1. The highest BCUT2D eigenvalue weighted by Gasteiger charge is 2.43. The molecule has 2 N–H and O–H groups in total. The van der Waals surface area contributed by atoms with Crippen molar-refractivity contribution in [2.24, 2.45) is 5.73 Å². The van der Waals surface area contributed by atoms with Gasteiger partial charge in [0.25, 0.3) is 5.69 Å². The largest absolute Gasteiger partial charge is 0.417 e. The van der Waals surface area contributed by atoms with Crippen LogP contribution >= 0.6 is 0 Å². The summed E-state index contributed by atoms with van der Waals surface area (Å²) in [6.45, 7) is 0.710. The first-order valence-electron chi connectivity index (χ1n) is 8.87. The number of likely N-dealkylation sites (N-methyl/N-ethyl adjacent to an activating group) is 1. The van der Waals surface area contributed by atoms with Crippen molar-refractivity contribution < 1.29 is 39.7 Å². The lowest BCUT2D eigenvalue weighted by Crippen LogP contribution is -2.37. The van der Waals surface area contributed by atoms with Gasteiger partial charge >= 0.3 is 12.4 Å². The fourth-order valence-corrected chi connectivity index (χ4v) is 4.36. The Kier molecular flexibility index (Phi) is 7.21. The van der Waals surface area contributed by atoms with E-state index in [0.29, 0.717) is 0 Å². The summed E-state index contributed by atoms with van der Waals surface area (Å²) in [4.78, 5) is 9.67. The highest BCUT2D eigenvalue weighted by Crippen LogP contribution is 2.41. The number of halogens is 6. The molecule has 1 atom stereocenters.